The number of likely N-dealkylation sites (tertiary alicyclic amines) is 1. The topological polar surface area (TPSA) is 43.9 Å². The van der Waals surface area contributed by atoms with Gasteiger partial charge in [-0.05, 0) is 30.2 Å². The van der Waals surface area contributed by atoms with E-state index in [1.165, 1.54) is 11.1 Å². The zero-order valence-electron chi connectivity index (χ0n) is 16.7. The maximum Gasteiger partial charge on any atom is 0.242 e. The highest BCUT2D eigenvalue weighted by molar-refractivity contribution is 6.30. The quantitative estimate of drug-likeness (QED) is 0.775. The van der Waals surface area contributed by atoms with Gasteiger partial charge >= 0.3 is 0 Å². The number of piperazine rings is 1. The summed E-state index contributed by atoms with van der Waals surface area (Å²) in [5.74, 6) is 0.286. The van der Waals surface area contributed by atoms with Crippen LogP contribution in [-0.4, -0.2) is 60.9 Å². The van der Waals surface area contributed by atoms with Crippen LogP contribution in [0.2, 0.25) is 5.02 Å². The molecule has 2 heterocycles. The van der Waals surface area contributed by atoms with Crippen LogP contribution in [0.15, 0.2) is 48.5 Å². The van der Waals surface area contributed by atoms with Gasteiger partial charge in [0.05, 0.1) is 6.54 Å². The van der Waals surface area contributed by atoms with Gasteiger partial charge in [0.2, 0.25) is 11.8 Å². The average Bonchev–Trinajstić information content (AvgIpc) is 3.11. The van der Waals surface area contributed by atoms with Gasteiger partial charge in [-0.2, -0.15) is 0 Å². The lowest BCUT2D eigenvalue weighted by Crippen LogP contribution is -2.51. The van der Waals surface area contributed by atoms with Crippen molar-refractivity contribution in [3.63, 3.8) is 0 Å². The van der Waals surface area contributed by atoms with E-state index in [9.17, 15) is 9.59 Å². The molecule has 0 radical (unpaired) electrons. The van der Waals surface area contributed by atoms with Crippen LogP contribution in [0.3, 0.4) is 0 Å². The highest BCUT2D eigenvalue weighted by atomic mass is 35.5. The first kappa shape index (κ1) is 19.8. The molecule has 4 rings (SSSR count). The van der Waals surface area contributed by atoms with Crippen molar-refractivity contribution in [2.24, 2.45) is 0 Å². The fourth-order valence-electron chi connectivity index (χ4n) is 4.26. The van der Waals surface area contributed by atoms with E-state index in [1.54, 1.807) is 4.90 Å². The Hall–Kier alpha value is -2.53. The summed E-state index contributed by atoms with van der Waals surface area (Å²) in [6.45, 7) is 5.74. The molecule has 2 saturated heterocycles. The number of carbonyl (C=O) groups excluding carboxylic acids is 2. The Morgan fingerprint density at radius 3 is 2.52 bits per heavy atom. The van der Waals surface area contributed by atoms with Crippen LogP contribution in [0.4, 0.5) is 5.69 Å². The second-order valence-corrected chi connectivity index (χ2v) is 8.32. The minimum Gasteiger partial charge on any atom is -0.368 e. The van der Waals surface area contributed by atoms with Crippen molar-refractivity contribution in [1.29, 1.82) is 0 Å². The van der Waals surface area contributed by atoms with E-state index in [-0.39, 0.29) is 24.3 Å². The molecule has 0 aromatic heterocycles. The molecule has 0 bridgehead atoms. The zero-order valence-corrected chi connectivity index (χ0v) is 17.4. The van der Waals surface area contributed by atoms with E-state index in [0.29, 0.717) is 26.1 Å². The lowest BCUT2D eigenvalue weighted by molar-refractivity contribution is -0.138. The molecule has 29 heavy (non-hydrogen) atoms. The predicted octanol–water partition coefficient (Wildman–Crippen LogP) is 3.31. The van der Waals surface area contributed by atoms with Gasteiger partial charge in [-0.25, -0.2) is 0 Å². The monoisotopic (exact) mass is 411 g/mol. The van der Waals surface area contributed by atoms with Crippen LogP contribution in [-0.2, 0) is 9.59 Å². The van der Waals surface area contributed by atoms with E-state index < -0.39 is 0 Å². The van der Waals surface area contributed by atoms with Crippen molar-refractivity contribution >= 4 is 29.1 Å². The molecule has 2 amide bonds. The van der Waals surface area contributed by atoms with Crippen molar-refractivity contribution in [3.8, 4) is 0 Å². The van der Waals surface area contributed by atoms with Crippen molar-refractivity contribution in [1.82, 2.24) is 9.80 Å². The number of carbonyl (C=O) groups is 2. The third kappa shape index (κ3) is 4.40. The summed E-state index contributed by atoms with van der Waals surface area (Å²) in [5, 5.41) is 0.727. The van der Waals surface area contributed by atoms with Gasteiger partial charge in [0.1, 0.15) is 0 Å². The first-order valence-electron chi connectivity index (χ1n) is 10.1. The molecule has 1 unspecified atom stereocenters. The SMILES string of the molecule is Cc1ccc(Cl)cc1N1CCN(C(=O)CN2CC(c3ccccc3)CC2=O)CC1. The van der Waals surface area contributed by atoms with Gasteiger partial charge in [0.15, 0.2) is 0 Å². The summed E-state index contributed by atoms with van der Waals surface area (Å²) in [7, 11) is 0. The molecule has 1 atom stereocenters. The van der Waals surface area contributed by atoms with Crippen molar-refractivity contribution in [3.05, 3.63) is 64.7 Å². The molecule has 0 N–H and O–H groups in total. The van der Waals surface area contributed by atoms with E-state index in [2.05, 4.69) is 24.0 Å². The molecular formula is C23H26ClN3O2. The van der Waals surface area contributed by atoms with Crippen molar-refractivity contribution in [2.45, 2.75) is 19.3 Å². The molecule has 2 aliphatic heterocycles. The molecule has 2 aromatic carbocycles. The third-order valence-electron chi connectivity index (χ3n) is 5.96. The summed E-state index contributed by atoms with van der Waals surface area (Å²) < 4.78 is 0. The Kier molecular flexibility index (Phi) is 5.76. The van der Waals surface area contributed by atoms with Crippen molar-refractivity contribution < 1.29 is 9.59 Å². The summed E-state index contributed by atoms with van der Waals surface area (Å²) in [5.41, 5.74) is 3.48. The summed E-state index contributed by atoms with van der Waals surface area (Å²) >= 11 is 6.15. The fraction of sp³-hybridized carbons (Fsp3) is 0.391. The Balaban J connectivity index is 1.32. The summed E-state index contributed by atoms with van der Waals surface area (Å²) in [4.78, 5) is 31.1. The first-order chi connectivity index (χ1) is 14.0. The maximum atomic E-state index is 12.8. The Bertz CT molecular complexity index is 894. The molecule has 0 spiro atoms. The van der Waals surface area contributed by atoms with E-state index in [0.717, 1.165) is 23.8 Å². The van der Waals surface area contributed by atoms with Crippen LogP contribution in [0.25, 0.3) is 0 Å². The van der Waals surface area contributed by atoms with E-state index in [4.69, 9.17) is 11.6 Å². The number of anilines is 1. The number of halogens is 1. The number of hydrogen-bond donors (Lipinski definition) is 0. The Labute approximate surface area is 176 Å². The van der Waals surface area contributed by atoms with Gasteiger partial charge in [-0.15, -0.1) is 0 Å². The minimum absolute atomic E-state index is 0.0366. The molecule has 0 aliphatic carbocycles. The minimum atomic E-state index is 0.0366. The highest BCUT2D eigenvalue weighted by Gasteiger charge is 2.33. The third-order valence-corrected chi connectivity index (χ3v) is 6.19. The van der Waals surface area contributed by atoms with Crippen LogP contribution < -0.4 is 4.90 Å². The van der Waals surface area contributed by atoms with Crippen LogP contribution in [0.5, 0.6) is 0 Å². The second-order valence-electron chi connectivity index (χ2n) is 7.88. The van der Waals surface area contributed by atoms with Crippen LogP contribution in [0.1, 0.15) is 23.5 Å². The first-order valence-corrected chi connectivity index (χ1v) is 10.5. The largest absolute Gasteiger partial charge is 0.368 e. The molecule has 2 fully saturated rings. The number of benzene rings is 2. The number of amides is 2. The van der Waals surface area contributed by atoms with Gasteiger partial charge in [-0.1, -0.05) is 48.0 Å². The molecule has 2 aromatic rings. The van der Waals surface area contributed by atoms with E-state index in [1.807, 2.05) is 41.3 Å². The molecular weight excluding hydrogens is 386 g/mol. The summed E-state index contributed by atoms with van der Waals surface area (Å²) in [6.07, 6.45) is 0.485. The summed E-state index contributed by atoms with van der Waals surface area (Å²) in [6, 6.07) is 16.0. The Morgan fingerprint density at radius 1 is 1.07 bits per heavy atom. The van der Waals surface area contributed by atoms with Crippen LogP contribution >= 0.6 is 11.6 Å². The normalized spacial score (nSPS) is 19.7. The number of aryl methyl sites for hydroxylation is 1. The number of hydrogen-bond acceptors (Lipinski definition) is 3. The van der Waals surface area contributed by atoms with Gasteiger partial charge < -0.3 is 14.7 Å². The molecule has 152 valence electrons. The highest BCUT2D eigenvalue weighted by Crippen LogP contribution is 2.28. The van der Waals surface area contributed by atoms with E-state index >= 15 is 0 Å². The molecule has 6 heteroatoms. The number of nitrogens with zero attached hydrogens (tertiary/aromatic N) is 3. The van der Waals surface area contributed by atoms with Crippen molar-refractivity contribution in [2.75, 3.05) is 44.2 Å². The fourth-order valence-corrected chi connectivity index (χ4v) is 4.42. The maximum absolute atomic E-state index is 12.8. The number of rotatable bonds is 4. The zero-order chi connectivity index (χ0) is 20.4. The standard InChI is InChI=1S/C23H26ClN3O2/c1-17-7-8-20(24)14-21(17)25-9-11-26(12-10-25)23(29)16-27-15-19(13-22(27)28)18-5-3-2-4-6-18/h2-8,14,19H,9-13,15-16H2,1H3. The van der Waals surface area contributed by atoms with Gasteiger partial charge in [0.25, 0.3) is 0 Å². The second kappa shape index (κ2) is 8.46. The van der Waals surface area contributed by atoms with Gasteiger partial charge in [-0.3, -0.25) is 9.59 Å². The lowest BCUT2D eigenvalue weighted by atomic mass is 9.99. The predicted molar refractivity (Wildman–Crippen MR) is 115 cm³/mol. The van der Waals surface area contributed by atoms with Crippen LogP contribution in [0, 0.1) is 6.92 Å². The smallest absolute Gasteiger partial charge is 0.242 e. The molecule has 0 saturated carbocycles. The molecule has 5 nitrogen and oxygen atoms in total. The Morgan fingerprint density at radius 2 is 1.79 bits per heavy atom. The van der Waals surface area contributed by atoms with Gasteiger partial charge in [0, 0.05) is 55.8 Å². The average molecular weight is 412 g/mol. The lowest BCUT2D eigenvalue weighted by Gasteiger charge is -2.37. The molecule has 2 aliphatic rings.